The van der Waals surface area contributed by atoms with Crippen molar-refractivity contribution in [1.82, 2.24) is 4.98 Å². The third-order valence-electron chi connectivity index (χ3n) is 2.22. The predicted molar refractivity (Wildman–Crippen MR) is 74.0 cm³/mol. The number of fused-ring (bicyclic) bond motifs is 1. The molecule has 0 aliphatic heterocycles. The fourth-order valence-electron chi connectivity index (χ4n) is 1.42. The number of aryl methyl sites for hydroxylation is 1. The molecular weight excluding hydrogens is 343 g/mol. The second kappa shape index (κ2) is 4.79. The second-order valence-electron chi connectivity index (χ2n) is 3.65. The van der Waals surface area contributed by atoms with E-state index in [0.717, 1.165) is 14.7 Å². The molecule has 0 aliphatic carbocycles. The van der Waals surface area contributed by atoms with Crippen LogP contribution in [0.4, 0.5) is 5.13 Å². The van der Waals surface area contributed by atoms with E-state index in [9.17, 15) is 4.57 Å². The second-order valence-corrected chi connectivity index (χ2v) is 7.12. The van der Waals surface area contributed by atoms with Crippen LogP contribution in [0, 0.1) is 6.92 Å². The Morgan fingerprint density at radius 2 is 2.28 bits per heavy atom. The minimum atomic E-state index is -4.22. The van der Waals surface area contributed by atoms with Crippen molar-refractivity contribution < 1.29 is 19.1 Å². The van der Waals surface area contributed by atoms with Gasteiger partial charge in [0.05, 0.1) is 4.70 Å². The van der Waals surface area contributed by atoms with E-state index >= 15 is 0 Å². The summed E-state index contributed by atoms with van der Waals surface area (Å²) in [6.07, 6.45) is -0.685. The van der Waals surface area contributed by atoms with Crippen LogP contribution in [0.1, 0.15) is 5.56 Å². The number of rotatable bonds is 3. The summed E-state index contributed by atoms with van der Waals surface area (Å²) in [6, 6.07) is 1.63. The third kappa shape index (κ3) is 2.84. The van der Waals surface area contributed by atoms with E-state index in [1.54, 1.807) is 6.07 Å². The number of ether oxygens (including phenoxy) is 1. The molecule has 1 heterocycles. The number of nitrogens with two attached hydrogens (primary N) is 1. The maximum absolute atomic E-state index is 10.8. The lowest BCUT2D eigenvalue weighted by Gasteiger charge is -2.09. The van der Waals surface area contributed by atoms with Gasteiger partial charge in [-0.25, -0.2) is 4.98 Å². The molecule has 6 nitrogen and oxygen atoms in total. The first-order chi connectivity index (χ1) is 8.28. The van der Waals surface area contributed by atoms with Gasteiger partial charge in [-0.15, -0.1) is 0 Å². The number of hydrogen-bond acceptors (Lipinski definition) is 5. The molecule has 0 amide bonds. The Morgan fingerprint density at radius 1 is 1.61 bits per heavy atom. The van der Waals surface area contributed by atoms with Crippen LogP contribution in [-0.4, -0.2) is 21.1 Å². The maximum atomic E-state index is 10.8. The maximum Gasteiger partial charge on any atom is 0.362 e. The molecule has 1 aromatic heterocycles. The van der Waals surface area contributed by atoms with E-state index in [1.807, 2.05) is 6.92 Å². The molecule has 4 N–H and O–H groups in total. The van der Waals surface area contributed by atoms with Crippen molar-refractivity contribution in [2.75, 3.05) is 12.1 Å². The first-order valence-corrected chi connectivity index (χ1v) is 8.21. The molecule has 9 heteroatoms. The normalized spacial score (nSPS) is 12.0. The summed E-state index contributed by atoms with van der Waals surface area (Å²) in [5.41, 5.74) is 7.12. The molecule has 2 aromatic rings. The van der Waals surface area contributed by atoms with Gasteiger partial charge in [-0.2, -0.15) is 0 Å². The SMILES string of the molecule is Cc1c(Br)cc(OCP(=O)(O)O)c2nc(N)sc12. The van der Waals surface area contributed by atoms with Gasteiger partial charge in [-0.3, -0.25) is 4.57 Å². The quantitative estimate of drug-likeness (QED) is 0.732. The standard InChI is InChI=1S/C9H10BrN2O4PS/c1-4-5(10)2-6(16-3-17(13,14)15)7-8(4)18-9(11)12-7/h2H,3H2,1H3,(H2,11,12)(H2,13,14,15). The molecule has 0 spiro atoms. The Morgan fingerprint density at radius 3 is 2.89 bits per heavy atom. The van der Waals surface area contributed by atoms with Crippen molar-refractivity contribution in [1.29, 1.82) is 0 Å². The van der Waals surface area contributed by atoms with Crippen LogP contribution in [0.3, 0.4) is 0 Å². The van der Waals surface area contributed by atoms with Gasteiger partial charge in [0, 0.05) is 4.47 Å². The van der Waals surface area contributed by atoms with Crippen LogP contribution in [0.2, 0.25) is 0 Å². The number of aromatic nitrogens is 1. The molecule has 0 aliphatic rings. The van der Waals surface area contributed by atoms with Gasteiger partial charge in [0.2, 0.25) is 0 Å². The molecule has 0 fully saturated rings. The average Bonchev–Trinajstić information content (AvgIpc) is 2.62. The number of anilines is 1. The number of hydrogen-bond donors (Lipinski definition) is 3. The number of nitrogen functional groups attached to an aromatic ring is 1. The lowest BCUT2D eigenvalue weighted by molar-refractivity contribution is 0.302. The molecule has 18 heavy (non-hydrogen) atoms. The molecule has 0 radical (unpaired) electrons. The first kappa shape index (κ1) is 13.8. The van der Waals surface area contributed by atoms with Crippen molar-refractivity contribution in [2.45, 2.75) is 6.92 Å². The number of benzene rings is 1. The minimum absolute atomic E-state index is 0.304. The van der Waals surface area contributed by atoms with E-state index in [2.05, 4.69) is 20.9 Å². The van der Waals surface area contributed by atoms with Gasteiger partial charge in [0.15, 0.2) is 11.5 Å². The molecule has 1 aromatic carbocycles. The molecule has 0 saturated carbocycles. The molecule has 0 atom stereocenters. The Bertz CT molecular complexity index is 654. The van der Waals surface area contributed by atoms with Crippen molar-refractivity contribution in [3.63, 3.8) is 0 Å². The summed E-state index contributed by atoms with van der Waals surface area (Å²) < 4.78 is 17.6. The zero-order valence-electron chi connectivity index (χ0n) is 9.25. The number of thiazole rings is 1. The Balaban J connectivity index is 2.50. The van der Waals surface area contributed by atoms with Crippen molar-refractivity contribution in [3.05, 3.63) is 16.1 Å². The summed E-state index contributed by atoms with van der Waals surface area (Å²) in [5.74, 6) is 0.304. The number of nitrogens with zero attached hydrogens (tertiary/aromatic N) is 1. The summed E-state index contributed by atoms with van der Waals surface area (Å²) >= 11 is 4.66. The first-order valence-electron chi connectivity index (χ1n) is 4.80. The average molecular weight is 353 g/mol. The van der Waals surface area contributed by atoms with E-state index < -0.39 is 13.9 Å². The summed E-state index contributed by atoms with van der Waals surface area (Å²) in [5, 5.41) is 0.382. The van der Waals surface area contributed by atoms with Crippen molar-refractivity contribution in [2.24, 2.45) is 0 Å². The molecule has 0 unspecified atom stereocenters. The molecular formula is C9H10BrN2O4PS. The third-order valence-corrected chi connectivity index (χ3v) is 4.52. The Hall–Kier alpha value is -0.660. The topological polar surface area (TPSA) is 106 Å². The van der Waals surface area contributed by atoms with Gasteiger partial charge in [-0.05, 0) is 18.6 Å². The zero-order chi connectivity index (χ0) is 13.5. The summed E-state index contributed by atoms with van der Waals surface area (Å²) in [4.78, 5) is 21.7. The van der Waals surface area contributed by atoms with E-state index in [1.165, 1.54) is 11.3 Å². The van der Waals surface area contributed by atoms with Crippen LogP contribution in [0.15, 0.2) is 10.5 Å². The molecule has 2 rings (SSSR count). The highest BCUT2D eigenvalue weighted by molar-refractivity contribution is 9.10. The smallest absolute Gasteiger partial charge is 0.362 e. The number of halogens is 1. The fraction of sp³-hybridized carbons (Fsp3) is 0.222. The highest BCUT2D eigenvalue weighted by Crippen LogP contribution is 2.40. The van der Waals surface area contributed by atoms with Crippen LogP contribution in [0.5, 0.6) is 5.75 Å². The summed E-state index contributed by atoms with van der Waals surface area (Å²) in [6.45, 7) is 1.90. The highest BCUT2D eigenvalue weighted by atomic mass is 79.9. The van der Waals surface area contributed by atoms with Crippen LogP contribution in [-0.2, 0) is 4.57 Å². The van der Waals surface area contributed by atoms with E-state index in [-0.39, 0.29) is 0 Å². The van der Waals surface area contributed by atoms with Crippen LogP contribution in [0.25, 0.3) is 10.2 Å². The van der Waals surface area contributed by atoms with Crippen LogP contribution >= 0.6 is 34.9 Å². The van der Waals surface area contributed by atoms with E-state index in [0.29, 0.717) is 16.4 Å². The fourth-order valence-corrected chi connectivity index (χ4v) is 3.12. The van der Waals surface area contributed by atoms with Gasteiger partial charge in [0.1, 0.15) is 11.3 Å². The minimum Gasteiger partial charge on any atom is -0.479 e. The van der Waals surface area contributed by atoms with Gasteiger partial charge >= 0.3 is 7.60 Å². The van der Waals surface area contributed by atoms with E-state index in [4.69, 9.17) is 20.3 Å². The Kier molecular flexibility index (Phi) is 3.66. The largest absolute Gasteiger partial charge is 0.479 e. The van der Waals surface area contributed by atoms with Gasteiger partial charge in [-0.1, -0.05) is 27.3 Å². The van der Waals surface area contributed by atoms with Crippen molar-refractivity contribution in [3.8, 4) is 5.75 Å². The van der Waals surface area contributed by atoms with Crippen molar-refractivity contribution >= 4 is 50.2 Å². The zero-order valence-corrected chi connectivity index (χ0v) is 12.6. The molecule has 0 bridgehead atoms. The van der Waals surface area contributed by atoms with Gasteiger partial charge < -0.3 is 20.3 Å². The summed E-state index contributed by atoms with van der Waals surface area (Å²) in [7, 11) is -4.22. The molecule has 0 saturated heterocycles. The highest BCUT2D eigenvalue weighted by Gasteiger charge is 2.18. The van der Waals surface area contributed by atoms with Gasteiger partial charge in [0.25, 0.3) is 0 Å². The monoisotopic (exact) mass is 352 g/mol. The van der Waals surface area contributed by atoms with Crippen LogP contribution < -0.4 is 10.5 Å². The molecule has 98 valence electrons. The lowest BCUT2D eigenvalue weighted by Crippen LogP contribution is -1.99. The lowest BCUT2D eigenvalue weighted by atomic mass is 10.2. The predicted octanol–water partition coefficient (Wildman–Crippen LogP) is 2.46. The Labute approximate surface area is 115 Å².